The van der Waals surface area contributed by atoms with Crippen LogP contribution < -0.4 is 5.43 Å². The molecule has 0 bridgehead atoms. The quantitative estimate of drug-likeness (QED) is 0.428. The molecule has 0 amide bonds. The summed E-state index contributed by atoms with van der Waals surface area (Å²) in [6.07, 6.45) is 2.41. The van der Waals surface area contributed by atoms with Gasteiger partial charge in [-0.05, 0) is 13.5 Å². The number of nitrogens with zero attached hydrogens (tertiary/aromatic N) is 1. The highest BCUT2D eigenvalue weighted by Gasteiger charge is 2.05. The summed E-state index contributed by atoms with van der Waals surface area (Å²) in [6.45, 7) is 2.06. The molecule has 0 heterocycles. The summed E-state index contributed by atoms with van der Waals surface area (Å²) >= 11 is 0. The third-order valence-electron chi connectivity index (χ3n) is 1.46. The van der Waals surface area contributed by atoms with Gasteiger partial charge in [-0.1, -0.05) is 6.92 Å². The topological polar surface area (TPSA) is 39.1 Å². The molecule has 3 heteroatoms. The van der Waals surface area contributed by atoms with Crippen LogP contribution in [0, 0.1) is 5.41 Å². The summed E-state index contributed by atoms with van der Waals surface area (Å²) in [5.41, 5.74) is 2.95. The lowest BCUT2D eigenvalue weighted by Gasteiger charge is -2.21. The van der Waals surface area contributed by atoms with E-state index >= 15 is 0 Å². The average molecular weight is 129 g/mol. The molecule has 0 aromatic rings. The van der Waals surface area contributed by atoms with Crippen molar-refractivity contribution in [2.45, 2.75) is 19.4 Å². The fraction of sp³-hybridized carbons (Fsp3) is 0.833. The Bertz CT molecular complexity index is 82.4. The maximum absolute atomic E-state index is 6.99. The van der Waals surface area contributed by atoms with Gasteiger partial charge in [0, 0.05) is 13.3 Å². The van der Waals surface area contributed by atoms with E-state index in [9.17, 15) is 0 Å². The molecular formula is C6H15N3. The summed E-state index contributed by atoms with van der Waals surface area (Å²) in [5, 5.41) is 8.90. The SMILES string of the molecule is CCC(C=N)N(C)NC. The van der Waals surface area contributed by atoms with Crippen molar-refractivity contribution in [2.75, 3.05) is 14.1 Å². The molecule has 54 valence electrons. The van der Waals surface area contributed by atoms with Crippen LogP contribution in [0.15, 0.2) is 0 Å². The number of hydrazine groups is 1. The number of hydrogen-bond donors (Lipinski definition) is 2. The maximum atomic E-state index is 6.99. The molecule has 0 aromatic carbocycles. The predicted octanol–water partition coefficient (Wildman–Crippen LogP) is 0.481. The zero-order valence-electron chi connectivity index (χ0n) is 6.31. The van der Waals surface area contributed by atoms with E-state index in [0.717, 1.165) is 6.42 Å². The molecule has 0 aliphatic carbocycles. The highest BCUT2D eigenvalue weighted by Crippen LogP contribution is 1.92. The van der Waals surface area contributed by atoms with Crippen molar-refractivity contribution in [1.82, 2.24) is 10.4 Å². The van der Waals surface area contributed by atoms with E-state index in [-0.39, 0.29) is 6.04 Å². The Kier molecular flexibility index (Phi) is 4.26. The van der Waals surface area contributed by atoms with Gasteiger partial charge in [0.1, 0.15) is 0 Å². The summed E-state index contributed by atoms with van der Waals surface area (Å²) in [6, 6.07) is 0.231. The number of rotatable bonds is 4. The first-order valence-electron chi connectivity index (χ1n) is 3.17. The average Bonchev–Trinajstić information content (AvgIpc) is 1.90. The molecular weight excluding hydrogens is 114 g/mol. The fourth-order valence-electron chi connectivity index (χ4n) is 0.669. The molecule has 0 rings (SSSR count). The van der Waals surface area contributed by atoms with E-state index < -0.39 is 0 Å². The highest BCUT2D eigenvalue weighted by molar-refractivity contribution is 5.60. The van der Waals surface area contributed by atoms with E-state index in [2.05, 4.69) is 12.3 Å². The molecule has 0 fully saturated rings. The smallest absolute Gasteiger partial charge is 0.0582 e. The van der Waals surface area contributed by atoms with E-state index in [1.807, 2.05) is 19.1 Å². The first kappa shape index (κ1) is 8.59. The van der Waals surface area contributed by atoms with Crippen LogP contribution in [-0.2, 0) is 0 Å². The lowest BCUT2D eigenvalue weighted by molar-refractivity contribution is 0.225. The third-order valence-corrected chi connectivity index (χ3v) is 1.46. The zero-order valence-corrected chi connectivity index (χ0v) is 6.31. The second kappa shape index (κ2) is 4.47. The van der Waals surface area contributed by atoms with Gasteiger partial charge in [0.25, 0.3) is 0 Å². The van der Waals surface area contributed by atoms with E-state index in [1.54, 1.807) is 0 Å². The van der Waals surface area contributed by atoms with Gasteiger partial charge < -0.3 is 5.41 Å². The minimum Gasteiger partial charge on any atom is -0.311 e. The van der Waals surface area contributed by atoms with Crippen LogP contribution in [0.3, 0.4) is 0 Å². The van der Waals surface area contributed by atoms with Gasteiger partial charge in [0.15, 0.2) is 0 Å². The molecule has 3 nitrogen and oxygen atoms in total. The molecule has 0 aliphatic heterocycles. The van der Waals surface area contributed by atoms with Crippen LogP contribution in [0.25, 0.3) is 0 Å². The van der Waals surface area contributed by atoms with Crippen molar-refractivity contribution < 1.29 is 0 Å². The minimum atomic E-state index is 0.231. The molecule has 0 saturated heterocycles. The Labute approximate surface area is 56.5 Å². The van der Waals surface area contributed by atoms with Gasteiger partial charge in [-0.3, -0.25) is 5.43 Å². The van der Waals surface area contributed by atoms with Crippen molar-refractivity contribution in [3.63, 3.8) is 0 Å². The van der Waals surface area contributed by atoms with Crippen LogP contribution in [0.4, 0.5) is 0 Å². The van der Waals surface area contributed by atoms with Crippen molar-refractivity contribution in [1.29, 1.82) is 5.41 Å². The number of nitrogens with one attached hydrogen (secondary N) is 2. The zero-order chi connectivity index (χ0) is 7.28. The van der Waals surface area contributed by atoms with Gasteiger partial charge in [0.05, 0.1) is 6.04 Å². The molecule has 0 spiro atoms. The van der Waals surface area contributed by atoms with Crippen LogP contribution in [-0.4, -0.2) is 31.4 Å². The highest BCUT2D eigenvalue weighted by atomic mass is 15.5. The first-order chi connectivity index (χ1) is 4.26. The lowest BCUT2D eigenvalue weighted by Crippen LogP contribution is -2.40. The summed E-state index contributed by atoms with van der Waals surface area (Å²) < 4.78 is 0. The second-order valence-corrected chi connectivity index (χ2v) is 1.98. The monoisotopic (exact) mass is 129 g/mol. The van der Waals surface area contributed by atoms with Gasteiger partial charge in [-0.2, -0.15) is 0 Å². The third kappa shape index (κ3) is 2.58. The lowest BCUT2D eigenvalue weighted by atomic mass is 10.2. The van der Waals surface area contributed by atoms with Crippen molar-refractivity contribution >= 4 is 6.21 Å². The summed E-state index contributed by atoms with van der Waals surface area (Å²) in [5.74, 6) is 0. The summed E-state index contributed by atoms with van der Waals surface area (Å²) in [4.78, 5) is 0. The maximum Gasteiger partial charge on any atom is 0.0582 e. The van der Waals surface area contributed by atoms with Gasteiger partial charge in [-0.15, -0.1) is 0 Å². The van der Waals surface area contributed by atoms with Crippen LogP contribution in [0.2, 0.25) is 0 Å². The molecule has 0 saturated carbocycles. The molecule has 0 radical (unpaired) electrons. The van der Waals surface area contributed by atoms with Crippen molar-refractivity contribution in [2.24, 2.45) is 0 Å². The molecule has 0 aromatic heterocycles. The predicted molar refractivity (Wildman–Crippen MR) is 39.7 cm³/mol. The largest absolute Gasteiger partial charge is 0.311 e. The second-order valence-electron chi connectivity index (χ2n) is 1.98. The molecule has 9 heavy (non-hydrogen) atoms. The normalized spacial score (nSPS) is 13.8. The minimum absolute atomic E-state index is 0.231. The van der Waals surface area contributed by atoms with Gasteiger partial charge in [-0.25, -0.2) is 5.01 Å². The van der Waals surface area contributed by atoms with Gasteiger partial charge in [0.2, 0.25) is 0 Å². The van der Waals surface area contributed by atoms with E-state index in [0.29, 0.717) is 0 Å². The standard InChI is InChI=1S/C6H15N3/c1-4-6(5-7)9(3)8-2/h5-8H,4H2,1-3H3. The Hall–Kier alpha value is -0.410. The molecule has 0 aliphatic rings. The fourth-order valence-corrected chi connectivity index (χ4v) is 0.669. The van der Waals surface area contributed by atoms with E-state index in [1.165, 1.54) is 6.21 Å². The molecule has 1 atom stereocenters. The van der Waals surface area contributed by atoms with Crippen LogP contribution in [0.1, 0.15) is 13.3 Å². The number of hydrogen-bond acceptors (Lipinski definition) is 3. The van der Waals surface area contributed by atoms with Crippen molar-refractivity contribution in [3.8, 4) is 0 Å². The van der Waals surface area contributed by atoms with Crippen LogP contribution in [0.5, 0.6) is 0 Å². The Morgan fingerprint density at radius 3 is 2.44 bits per heavy atom. The Morgan fingerprint density at radius 2 is 2.33 bits per heavy atom. The first-order valence-corrected chi connectivity index (χ1v) is 3.17. The Balaban J connectivity index is 3.63. The van der Waals surface area contributed by atoms with Crippen LogP contribution >= 0.6 is 0 Å². The van der Waals surface area contributed by atoms with Gasteiger partial charge >= 0.3 is 0 Å². The van der Waals surface area contributed by atoms with Crippen molar-refractivity contribution in [3.05, 3.63) is 0 Å². The van der Waals surface area contributed by atoms with E-state index in [4.69, 9.17) is 5.41 Å². The Morgan fingerprint density at radius 1 is 1.78 bits per heavy atom. The molecule has 1 unspecified atom stereocenters. The molecule has 2 N–H and O–H groups in total. The summed E-state index contributed by atoms with van der Waals surface area (Å²) in [7, 11) is 3.78.